The molecular formula is C15H16BrFN2O. The molecular weight excluding hydrogens is 323 g/mol. The van der Waals surface area contributed by atoms with Crippen molar-refractivity contribution in [3.05, 3.63) is 52.4 Å². The van der Waals surface area contributed by atoms with E-state index in [1.54, 1.807) is 18.3 Å². The highest BCUT2D eigenvalue weighted by atomic mass is 79.9. The van der Waals surface area contributed by atoms with E-state index in [2.05, 4.69) is 20.9 Å². The molecule has 1 aromatic carbocycles. The van der Waals surface area contributed by atoms with E-state index in [9.17, 15) is 4.39 Å². The molecule has 1 atom stereocenters. The Labute approximate surface area is 126 Å². The van der Waals surface area contributed by atoms with Crippen molar-refractivity contribution in [3.63, 3.8) is 0 Å². The third-order valence-electron chi connectivity index (χ3n) is 2.96. The average molecular weight is 339 g/mol. The van der Waals surface area contributed by atoms with Gasteiger partial charge in [-0.2, -0.15) is 0 Å². The van der Waals surface area contributed by atoms with Gasteiger partial charge in [0.2, 0.25) is 5.88 Å². The van der Waals surface area contributed by atoms with Crippen LogP contribution >= 0.6 is 15.9 Å². The number of hydrogen-bond donors (Lipinski definition) is 1. The van der Waals surface area contributed by atoms with Crippen LogP contribution in [-0.2, 0) is 6.42 Å². The first kappa shape index (κ1) is 14.9. The van der Waals surface area contributed by atoms with Crippen LogP contribution in [0.3, 0.4) is 0 Å². The van der Waals surface area contributed by atoms with Crippen molar-refractivity contribution < 1.29 is 9.13 Å². The van der Waals surface area contributed by atoms with Crippen LogP contribution in [0, 0.1) is 5.82 Å². The molecule has 0 fully saturated rings. The lowest BCUT2D eigenvalue weighted by Gasteiger charge is -2.13. The molecule has 3 nitrogen and oxygen atoms in total. The first-order chi connectivity index (χ1) is 9.60. The third-order valence-corrected chi connectivity index (χ3v) is 3.57. The molecule has 0 bridgehead atoms. The van der Waals surface area contributed by atoms with Crippen molar-refractivity contribution in [2.45, 2.75) is 25.8 Å². The molecule has 0 saturated carbocycles. The summed E-state index contributed by atoms with van der Waals surface area (Å²) >= 11 is 3.13. The zero-order valence-corrected chi connectivity index (χ0v) is 12.7. The second-order valence-electron chi connectivity index (χ2n) is 4.52. The van der Waals surface area contributed by atoms with E-state index in [0.717, 1.165) is 12.0 Å². The molecule has 1 unspecified atom stereocenters. The number of nitrogens with two attached hydrogens (primary N) is 1. The van der Waals surface area contributed by atoms with Gasteiger partial charge in [0.25, 0.3) is 0 Å². The molecule has 1 aromatic heterocycles. The molecule has 0 spiro atoms. The summed E-state index contributed by atoms with van der Waals surface area (Å²) in [5.74, 6) is 0.713. The summed E-state index contributed by atoms with van der Waals surface area (Å²) in [6.07, 6.45) is 3.24. The number of aromatic nitrogens is 1. The van der Waals surface area contributed by atoms with Gasteiger partial charge in [-0.25, -0.2) is 9.37 Å². The van der Waals surface area contributed by atoms with E-state index < -0.39 is 0 Å². The first-order valence-electron chi connectivity index (χ1n) is 6.42. The van der Waals surface area contributed by atoms with Gasteiger partial charge in [-0.1, -0.05) is 13.0 Å². The van der Waals surface area contributed by atoms with Gasteiger partial charge in [0.05, 0.1) is 4.47 Å². The number of nitrogens with zero attached hydrogens (tertiary/aromatic N) is 1. The van der Waals surface area contributed by atoms with Gasteiger partial charge in [0.1, 0.15) is 11.6 Å². The highest BCUT2D eigenvalue weighted by Gasteiger charge is 2.10. The van der Waals surface area contributed by atoms with E-state index in [4.69, 9.17) is 10.5 Å². The van der Waals surface area contributed by atoms with Crippen LogP contribution < -0.4 is 10.5 Å². The maximum atomic E-state index is 13.2. The zero-order valence-electron chi connectivity index (χ0n) is 11.1. The van der Waals surface area contributed by atoms with Crippen molar-refractivity contribution in [3.8, 4) is 11.6 Å². The summed E-state index contributed by atoms with van der Waals surface area (Å²) in [6, 6.07) is 8.36. The van der Waals surface area contributed by atoms with Gasteiger partial charge < -0.3 is 10.5 Å². The molecule has 0 aliphatic rings. The molecule has 0 radical (unpaired) electrons. The molecule has 1 heterocycles. The summed E-state index contributed by atoms with van der Waals surface area (Å²) < 4.78 is 19.3. The number of rotatable bonds is 5. The zero-order chi connectivity index (χ0) is 14.5. The van der Waals surface area contributed by atoms with Crippen molar-refractivity contribution in [2.75, 3.05) is 0 Å². The Hall–Kier alpha value is -1.46. The lowest BCUT2D eigenvalue weighted by atomic mass is 10.1. The lowest BCUT2D eigenvalue weighted by molar-refractivity contribution is 0.450. The van der Waals surface area contributed by atoms with Crippen molar-refractivity contribution in [1.29, 1.82) is 0 Å². The Kier molecular flexibility index (Phi) is 5.09. The Morgan fingerprint density at radius 2 is 2.20 bits per heavy atom. The SMILES string of the molecule is CCC(N)Cc1cccnc1Oc1ccc(F)c(Br)c1. The van der Waals surface area contributed by atoms with Gasteiger partial charge in [-0.05, 0) is 53.0 Å². The predicted octanol–water partition coefficient (Wildman–Crippen LogP) is 4.06. The standard InChI is InChI=1S/C15H16BrFN2O/c1-2-11(18)8-10-4-3-7-19-15(10)20-12-5-6-14(17)13(16)9-12/h3-7,9,11H,2,8,18H2,1H3. The van der Waals surface area contributed by atoms with Crippen LogP contribution in [0.4, 0.5) is 4.39 Å². The van der Waals surface area contributed by atoms with Gasteiger partial charge in [0.15, 0.2) is 0 Å². The predicted molar refractivity (Wildman–Crippen MR) is 80.4 cm³/mol. The molecule has 2 rings (SSSR count). The number of halogens is 2. The van der Waals surface area contributed by atoms with Crippen LogP contribution in [0.2, 0.25) is 0 Å². The van der Waals surface area contributed by atoms with Crippen LogP contribution in [0.5, 0.6) is 11.6 Å². The smallest absolute Gasteiger partial charge is 0.222 e. The molecule has 0 aliphatic carbocycles. The molecule has 2 aromatic rings. The Bertz CT molecular complexity index is 592. The van der Waals surface area contributed by atoms with Gasteiger partial charge in [-0.3, -0.25) is 0 Å². The minimum atomic E-state index is -0.327. The van der Waals surface area contributed by atoms with Crippen LogP contribution in [0.15, 0.2) is 41.0 Å². The quantitative estimate of drug-likeness (QED) is 0.894. The monoisotopic (exact) mass is 338 g/mol. The normalized spacial score (nSPS) is 12.2. The number of ether oxygens (including phenoxy) is 1. The fraction of sp³-hybridized carbons (Fsp3) is 0.267. The van der Waals surface area contributed by atoms with Crippen LogP contribution in [-0.4, -0.2) is 11.0 Å². The fourth-order valence-electron chi connectivity index (χ4n) is 1.75. The minimum Gasteiger partial charge on any atom is -0.439 e. The Balaban J connectivity index is 2.22. The van der Waals surface area contributed by atoms with E-state index in [0.29, 0.717) is 22.5 Å². The molecule has 0 saturated heterocycles. The van der Waals surface area contributed by atoms with Crippen molar-refractivity contribution in [2.24, 2.45) is 5.73 Å². The molecule has 2 N–H and O–H groups in total. The second kappa shape index (κ2) is 6.81. The maximum Gasteiger partial charge on any atom is 0.222 e. The second-order valence-corrected chi connectivity index (χ2v) is 5.37. The lowest BCUT2D eigenvalue weighted by Crippen LogP contribution is -2.21. The first-order valence-corrected chi connectivity index (χ1v) is 7.21. The van der Waals surface area contributed by atoms with Crippen LogP contribution in [0.25, 0.3) is 0 Å². The minimum absolute atomic E-state index is 0.0708. The summed E-state index contributed by atoms with van der Waals surface area (Å²) in [5, 5.41) is 0. The van der Waals surface area contributed by atoms with E-state index >= 15 is 0 Å². The molecule has 106 valence electrons. The highest BCUT2D eigenvalue weighted by Crippen LogP contribution is 2.27. The largest absolute Gasteiger partial charge is 0.439 e. The highest BCUT2D eigenvalue weighted by molar-refractivity contribution is 9.10. The van der Waals surface area contributed by atoms with E-state index in [1.807, 2.05) is 19.1 Å². The maximum absolute atomic E-state index is 13.2. The molecule has 20 heavy (non-hydrogen) atoms. The summed E-state index contributed by atoms with van der Waals surface area (Å²) in [6.45, 7) is 2.04. The topological polar surface area (TPSA) is 48.1 Å². The van der Waals surface area contributed by atoms with Crippen molar-refractivity contribution >= 4 is 15.9 Å². The van der Waals surface area contributed by atoms with Crippen molar-refractivity contribution in [1.82, 2.24) is 4.98 Å². The summed E-state index contributed by atoms with van der Waals surface area (Å²) in [4.78, 5) is 4.23. The molecule has 5 heteroatoms. The van der Waals surface area contributed by atoms with Gasteiger partial charge in [-0.15, -0.1) is 0 Å². The average Bonchev–Trinajstić information content (AvgIpc) is 2.45. The Morgan fingerprint density at radius 1 is 1.40 bits per heavy atom. The number of benzene rings is 1. The fourth-order valence-corrected chi connectivity index (χ4v) is 2.11. The molecule has 0 aliphatic heterocycles. The Morgan fingerprint density at radius 3 is 2.90 bits per heavy atom. The summed E-state index contributed by atoms with van der Waals surface area (Å²) in [7, 11) is 0. The number of hydrogen-bond acceptors (Lipinski definition) is 3. The number of pyridine rings is 1. The van der Waals surface area contributed by atoms with Gasteiger partial charge in [0, 0.05) is 17.8 Å². The van der Waals surface area contributed by atoms with E-state index in [-0.39, 0.29) is 11.9 Å². The summed E-state index contributed by atoms with van der Waals surface area (Å²) in [5.41, 5.74) is 6.92. The van der Waals surface area contributed by atoms with Gasteiger partial charge >= 0.3 is 0 Å². The van der Waals surface area contributed by atoms with Crippen LogP contribution in [0.1, 0.15) is 18.9 Å². The molecule has 0 amide bonds. The van der Waals surface area contributed by atoms with E-state index in [1.165, 1.54) is 6.07 Å². The third kappa shape index (κ3) is 3.77.